The van der Waals surface area contributed by atoms with Crippen molar-refractivity contribution in [1.82, 2.24) is 19.7 Å². The van der Waals surface area contributed by atoms with Gasteiger partial charge < -0.3 is 10.5 Å². The zero-order chi connectivity index (χ0) is 23.1. The van der Waals surface area contributed by atoms with Crippen molar-refractivity contribution in [2.75, 3.05) is 12.8 Å². The summed E-state index contributed by atoms with van der Waals surface area (Å²) < 4.78 is 6.70. The fraction of sp³-hybridized carbons (Fsp3) is 0.120. The molecule has 0 atom stereocenters. The van der Waals surface area contributed by atoms with Gasteiger partial charge in [-0.2, -0.15) is 5.10 Å². The van der Waals surface area contributed by atoms with Gasteiger partial charge in [-0.3, -0.25) is 9.78 Å². The van der Waals surface area contributed by atoms with Crippen LogP contribution in [0.2, 0.25) is 0 Å². The summed E-state index contributed by atoms with van der Waals surface area (Å²) in [6, 6.07) is 15.4. The lowest BCUT2D eigenvalue weighted by Gasteiger charge is -2.09. The summed E-state index contributed by atoms with van der Waals surface area (Å²) in [5.74, 6) is 0.500. The van der Waals surface area contributed by atoms with Crippen LogP contribution in [0.3, 0.4) is 0 Å². The number of fused-ring (bicyclic) bond motifs is 1. The van der Waals surface area contributed by atoms with Crippen molar-refractivity contribution < 1.29 is 9.53 Å². The molecule has 1 aromatic carbocycles. The number of nitrogen functional groups attached to an aromatic ring is 1. The summed E-state index contributed by atoms with van der Waals surface area (Å²) in [5, 5.41) is 5.09. The van der Waals surface area contributed by atoms with Gasteiger partial charge in [0.2, 0.25) is 0 Å². The number of benzene rings is 1. The molecule has 0 bridgehead atoms. The molecule has 164 valence electrons. The van der Waals surface area contributed by atoms with E-state index in [4.69, 9.17) is 15.5 Å². The van der Waals surface area contributed by atoms with Crippen LogP contribution >= 0.6 is 11.3 Å². The lowest BCUT2D eigenvalue weighted by Crippen LogP contribution is -2.15. The summed E-state index contributed by atoms with van der Waals surface area (Å²) in [6.07, 6.45) is 3.49. The van der Waals surface area contributed by atoms with Gasteiger partial charge in [0.05, 0.1) is 24.2 Å². The quantitative estimate of drug-likeness (QED) is 0.404. The summed E-state index contributed by atoms with van der Waals surface area (Å²) in [7, 11) is 1.63. The number of methoxy groups -OCH3 is 1. The molecule has 0 saturated carbocycles. The molecule has 0 radical (unpaired) electrons. The van der Waals surface area contributed by atoms with Crippen molar-refractivity contribution in [3.63, 3.8) is 0 Å². The van der Waals surface area contributed by atoms with E-state index < -0.39 is 0 Å². The molecule has 2 N–H and O–H groups in total. The molecule has 0 fully saturated rings. The average molecular weight is 456 g/mol. The van der Waals surface area contributed by atoms with Crippen molar-refractivity contribution in [3.8, 4) is 28.1 Å². The van der Waals surface area contributed by atoms with Crippen LogP contribution in [0, 0.1) is 13.8 Å². The van der Waals surface area contributed by atoms with E-state index >= 15 is 0 Å². The third kappa shape index (κ3) is 3.64. The van der Waals surface area contributed by atoms with Gasteiger partial charge in [0.15, 0.2) is 0 Å². The number of hydrogen-bond donors (Lipinski definition) is 1. The number of aryl methyl sites for hydroxylation is 2. The number of nitrogens with two attached hydrogens (primary N) is 1. The molecule has 0 aliphatic carbocycles. The molecule has 0 saturated heterocycles. The third-order valence-electron chi connectivity index (χ3n) is 5.45. The normalized spacial score (nSPS) is 11.1. The van der Waals surface area contributed by atoms with Crippen molar-refractivity contribution in [2.45, 2.75) is 13.8 Å². The molecule has 0 unspecified atom stereocenters. The SMILES string of the molecule is COc1ccc(-c2cc(-c3cccnc3)nc3sc(C(=O)n4nc(C)cc4C)c(N)c23)cc1. The number of ether oxygens (including phenoxy) is 1. The van der Waals surface area contributed by atoms with Gasteiger partial charge in [-0.05, 0) is 61.4 Å². The predicted molar refractivity (Wildman–Crippen MR) is 131 cm³/mol. The first-order chi connectivity index (χ1) is 16.0. The van der Waals surface area contributed by atoms with Gasteiger partial charge in [0, 0.05) is 29.0 Å². The molecule has 0 aliphatic rings. The van der Waals surface area contributed by atoms with Crippen LogP contribution in [0.15, 0.2) is 60.9 Å². The van der Waals surface area contributed by atoms with Crippen molar-refractivity contribution >= 4 is 33.1 Å². The second-order valence-corrected chi connectivity index (χ2v) is 8.69. The Morgan fingerprint density at radius 1 is 1.09 bits per heavy atom. The molecule has 4 aromatic heterocycles. The molecular formula is C25H21N5O2S. The van der Waals surface area contributed by atoms with Crippen molar-refractivity contribution in [2.24, 2.45) is 0 Å². The van der Waals surface area contributed by atoms with E-state index in [1.54, 1.807) is 19.5 Å². The lowest BCUT2D eigenvalue weighted by atomic mass is 10.00. The van der Waals surface area contributed by atoms with E-state index in [1.807, 2.05) is 62.4 Å². The lowest BCUT2D eigenvalue weighted by molar-refractivity contribution is 0.0947. The molecular weight excluding hydrogens is 434 g/mol. The number of carbonyl (C=O) groups is 1. The van der Waals surface area contributed by atoms with E-state index in [2.05, 4.69) is 10.1 Å². The van der Waals surface area contributed by atoms with E-state index in [9.17, 15) is 4.79 Å². The van der Waals surface area contributed by atoms with Crippen LogP contribution in [0.5, 0.6) is 5.75 Å². The molecule has 0 spiro atoms. The van der Waals surface area contributed by atoms with Crippen LogP contribution in [0.25, 0.3) is 32.6 Å². The largest absolute Gasteiger partial charge is 0.497 e. The third-order valence-corrected chi connectivity index (χ3v) is 6.54. The maximum absolute atomic E-state index is 13.3. The topological polar surface area (TPSA) is 95.9 Å². The predicted octanol–water partition coefficient (Wildman–Crippen LogP) is 5.12. The van der Waals surface area contributed by atoms with Gasteiger partial charge >= 0.3 is 0 Å². The van der Waals surface area contributed by atoms with E-state index in [0.29, 0.717) is 15.4 Å². The zero-order valence-electron chi connectivity index (χ0n) is 18.4. The number of nitrogens with zero attached hydrogens (tertiary/aromatic N) is 4. The van der Waals surface area contributed by atoms with Crippen molar-refractivity contribution in [3.05, 3.63) is 77.2 Å². The van der Waals surface area contributed by atoms with Crippen LogP contribution < -0.4 is 10.5 Å². The molecule has 0 amide bonds. The fourth-order valence-electron chi connectivity index (χ4n) is 3.87. The maximum atomic E-state index is 13.3. The Morgan fingerprint density at radius 2 is 1.88 bits per heavy atom. The minimum absolute atomic E-state index is 0.260. The highest BCUT2D eigenvalue weighted by molar-refractivity contribution is 7.21. The van der Waals surface area contributed by atoms with Crippen LogP contribution in [0.4, 0.5) is 5.69 Å². The van der Waals surface area contributed by atoms with Gasteiger partial charge in [0.1, 0.15) is 15.5 Å². The average Bonchev–Trinajstić information content (AvgIpc) is 3.36. The molecule has 4 heterocycles. The van der Waals surface area contributed by atoms with Crippen LogP contribution in [0.1, 0.15) is 21.1 Å². The second-order valence-electron chi connectivity index (χ2n) is 7.69. The standard InChI is InChI=1S/C25H21N5O2S/c1-14-11-15(2)30(29-14)25(31)23-22(26)21-19(16-6-8-18(32-3)9-7-16)12-20(28-24(21)33-23)17-5-4-10-27-13-17/h4-13H,26H2,1-3H3. The number of anilines is 1. The molecule has 8 heteroatoms. The van der Waals surface area contributed by atoms with Gasteiger partial charge in [-0.15, -0.1) is 11.3 Å². The van der Waals surface area contributed by atoms with Gasteiger partial charge in [0.25, 0.3) is 5.91 Å². The van der Waals surface area contributed by atoms with Crippen LogP contribution in [-0.2, 0) is 0 Å². The zero-order valence-corrected chi connectivity index (χ0v) is 19.2. The Labute approximate surface area is 194 Å². The maximum Gasteiger partial charge on any atom is 0.290 e. The van der Waals surface area contributed by atoms with Gasteiger partial charge in [-0.1, -0.05) is 12.1 Å². The number of carbonyl (C=O) groups excluding carboxylic acids is 1. The number of aromatic nitrogens is 4. The first-order valence-corrected chi connectivity index (χ1v) is 11.1. The fourth-order valence-corrected chi connectivity index (χ4v) is 4.92. The molecule has 5 rings (SSSR count). The minimum Gasteiger partial charge on any atom is -0.497 e. The van der Waals surface area contributed by atoms with E-state index in [-0.39, 0.29) is 5.91 Å². The first-order valence-electron chi connectivity index (χ1n) is 10.3. The van der Waals surface area contributed by atoms with Crippen LogP contribution in [-0.4, -0.2) is 32.8 Å². The Hall–Kier alpha value is -4.04. The summed E-state index contributed by atoms with van der Waals surface area (Å²) in [4.78, 5) is 23.5. The molecule has 7 nitrogen and oxygen atoms in total. The summed E-state index contributed by atoms with van der Waals surface area (Å²) in [5.41, 5.74) is 12.0. The smallest absolute Gasteiger partial charge is 0.290 e. The number of pyridine rings is 2. The Kier molecular flexibility index (Phi) is 5.14. The second kappa shape index (κ2) is 8.14. The summed E-state index contributed by atoms with van der Waals surface area (Å²) >= 11 is 1.28. The highest BCUT2D eigenvalue weighted by Crippen LogP contribution is 2.41. The minimum atomic E-state index is -0.260. The molecule has 0 aliphatic heterocycles. The Bertz CT molecular complexity index is 1490. The van der Waals surface area contributed by atoms with E-state index in [1.165, 1.54) is 16.0 Å². The highest BCUT2D eigenvalue weighted by atomic mass is 32.1. The number of hydrogen-bond acceptors (Lipinski definition) is 7. The first kappa shape index (κ1) is 20.8. The summed E-state index contributed by atoms with van der Waals surface area (Å²) in [6.45, 7) is 3.71. The Balaban J connectivity index is 1.75. The molecule has 33 heavy (non-hydrogen) atoms. The highest BCUT2D eigenvalue weighted by Gasteiger charge is 2.24. The number of rotatable bonds is 4. The van der Waals surface area contributed by atoms with Gasteiger partial charge in [-0.25, -0.2) is 9.67 Å². The Morgan fingerprint density at radius 3 is 2.52 bits per heavy atom. The van der Waals surface area contributed by atoms with E-state index in [0.717, 1.165) is 44.9 Å². The molecule has 5 aromatic rings. The monoisotopic (exact) mass is 455 g/mol. The van der Waals surface area contributed by atoms with Crippen molar-refractivity contribution in [1.29, 1.82) is 0 Å². The number of thiophene rings is 1.